The number of carboxylic acids is 1. The molecule has 2 rings (SSSR count). The molecule has 1 unspecified atom stereocenters. The van der Waals surface area contributed by atoms with E-state index in [2.05, 4.69) is 0 Å². The molecule has 1 atom stereocenters. The summed E-state index contributed by atoms with van der Waals surface area (Å²) in [5, 5.41) is 18.6. The van der Waals surface area contributed by atoms with Crippen molar-refractivity contribution in [2.24, 2.45) is 0 Å². The van der Waals surface area contributed by atoms with E-state index >= 15 is 0 Å². The molecule has 1 aromatic rings. The number of aliphatic carboxylic acids is 1. The molecule has 1 aromatic carbocycles. The van der Waals surface area contributed by atoms with E-state index in [1.807, 2.05) is 17.0 Å². The molecule has 0 saturated carbocycles. The maximum atomic E-state index is 11.0. The zero-order valence-electron chi connectivity index (χ0n) is 8.97. The van der Waals surface area contributed by atoms with E-state index in [1.54, 1.807) is 12.1 Å². The number of hydrogen-bond donors (Lipinski definition) is 2. The molecule has 1 fully saturated rings. The Morgan fingerprint density at radius 2 is 2.19 bits per heavy atom. The highest BCUT2D eigenvalue weighted by Gasteiger charge is 2.30. The van der Waals surface area contributed by atoms with Crippen molar-refractivity contribution in [3.63, 3.8) is 0 Å². The van der Waals surface area contributed by atoms with Crippen molar-refractivity contribution < 1.29 is 15.0 Å². The van der Waals surface area contributed by atoms with Gasteiger partial charge in [0, 0.05) is 12.1 Å². The molecule has 1 heterocycles. The van der Waals surface area contributed by atoms with E-state index in [0.717, 1.165) is 18.5 Å². The third-order valence-electron chi connectivity index (χ3n) is 3.01. The van der Waals surface area contributed by atoms with Crippen molar-refractivity contribution >= 4 is 5.97 Å². The van der Waals surface area contributed by atoms with Gasteiger partial charge in [0.25, 0.3) is 0 Å². The Balaban J connectivity index is 2.10. The van der Waals surface area contributed by atoms with Gasteiger partial charge in [0.15, 0.2) is 0 Å². The highest BCUT2D eigenvalue weighted by atomic mass is 16.4. The first-order valence-electron chi connectivity index (χ1n) is 5.42. The Morgan fingerprint density at radius 1 is 1.44 bits per heavy atom. The predicted octanol–water partition coefficient (Wildman–Crippen LogP) is 1.44. The van der Waals surface area contributed by atoms with Crippen LogP contribution in [0, 0.1) is 0 Å². The Kier molecular flexibility index (Phi) is 3.10. The number of nitrogens with zero attached hydrogens (tertiary/aromatic N) is 1. The number of para-hydroxylation sites is 1. The minimum atomic E-state index is -0.770. The number of rotatable bonds is 3. The van der Waals surface area contributed by atoms with Crippen molar-refractivity contribution in [2.75, 3.05) is 6.54 Å². The molecule has 1 aliphatic rings. The molecule has 4 nitrogen and oxygen atoms in total. The smallest absolute Gasteiger partial charge is 0.320 e. The number of hydrogen-bond acceptors (Lipinski definition) is 3. The van der Waals surface area contributed by atoms with Gasteiger partial charge in [0.2, 0.25) is 0 Å². The summed E-state index contributed by atoms with van der Waals surface area (Å²) in [6, 6.07) is 6.66. The molecule has 0 aliphatic carbocycles. The standard InChI is InChI=1S/C12H15NO3/c14-11-6-2-1-4-9(11)8-13-7-3-5-10(13)12(15)16/h1-2,4,6,10,14H,3,5,7-8H2,(H,15,16). The van der Waals surface area contributed by atoms with Crippen LogP contribution in [0.4, 0.5) is 0 Å². The van der Waals surface area contributed by atoms with Crippen LogP contribution in [0.25, 0.3) is 0 Å². The number of likely N-dealkylation sites (tertiary alicyclic amines) is 1. The molecule has 4 heteroatoms. The molecule has 0 bridgehead atoms. The molecule has 86 valence electrons. The highest BCUT2D eigenvalue weighted by molar-refractivity contribution is 5.73. The van der Waals surface area contributed by atoms with E-state index in [0.29, 0.717) is 13.0 Å². The van der Waals surface area contributed by atoms with Crippen LogP contribution in [0.1, 0.15) is 18.4 Å². The van der Waals surface area contributed by atoms with E-state index in [9.17, 15) is 9.90 Å². The average molecular weight is 221 g/mol. The summed E-state index contributed by atoms with van der Waals surface area (Å²) in [6.45, 7) is 1.29. The first-order chi connectivity index (χ1) is 7.68. The minimum absolute atomic E-state index is 0.235. The summed E-state index contributed by atoms with van der Waals surface area (Å²) in [4.78, 5) is 12.9. The molecule has 1 saturated heterocycles. The summed E-state index contributed by atoms with van der Waals surface area (Å²) >= 11 is 0. The quantitative estimate of drug-likeness (QED) is 0.810. The summed E-state index contributed by atoms with van der Waals surface area (Å²) < 4.78 is 0. The molecule has 0 amide bonds. The van der Waals surface area contributed by atoms with E-state index in [1.165, 1.54) is 0 Å². The van der Waals surface area contributed by atoms with Crippen LogP contribution < -0.4 is 0 Å². The normalized spacial score (nSPS) is 21.1. The maximum absolute atomic E-state index is 11.0. The van der Waals surface area contributed by atoms with Gasteiger partial charge in [-0.2, -0.15) is 0 Å². The van der Waals surface area contributed by atoms with Gasteiger partial charge >= 0.3 is 5.97 Å². The van der Waals surface area contributed by atoms with E-state index < -0.39 is 12.0 Å². The van der Waals surface area contributed by atoms with Crippen molar-refractivity contribution in [1.82, 2.24) is 4.90 Å². The number of aromatic hydroxyl groups is 1. The lowest BCUT2D eigenvalue weighted by Gasteiger charge is -2.21. The predicted molar refractivity (Wildman–Crippen MR) is 59.2 cm³/mol. The number of carboxylic acid groups (broad SMARTS) is 1. The molecule has 16 heavy (non-hydrogen) atoms. The SMILES string of the molecule is O=C(O)C1CCCN1Cc1ccccc1O. The number of carbonyl (C=O) groups is 1. The Morgan fingerprint density at radius 3 is 2.88 bits per heavy atom. The van der Waals surface area contributed by atoms with Crippen molar-refractivity contribution in [3.05, 3.63) is 29.8 Å². The van der Waals surface area contributed by atoms with Gasteiger partial charge in [-0.3, -0.25) is 9.69 Å². The summed E-state index contributed by atoms with van der Waals surface area (Å²) in [6.07, 6.45) is 1.60. The molecule has 2 N–H and O–H groups in total. The Labute approximate surface area is 94.1 Å². The van der Waals surface area contributed by atoms with Crippen molar-refractivity contribution in [1.29, 1.82) is 0 Å². The molecular formula is C12H15NO3. The molecular weight excluding hydrogens is 206 g/mol. The zero-order chi connectivity index (χ0) is 11.5. The zero-order valence-corrected chi connectivity index (χ0v) is 8.97. The van der Waals surface area contributed by atoms with Crippen LogP contribution in [0.5, 0.6) is 5.75 Å². The second kappa shape index (κ2) is 4.53. The number of phenolic OH excluding ortho intramolecular Hbond substituents is 1. The van der Waals surface area contributed by atoms with Crippen molar-refractivity contribution in [3.8, 4) is 5.75 Å². The lowest BCUT2D eigenvalue weighted by atomic mass is 10.1. The van der Waals surface area contributed by atoms with E-state index in [-0.39, 0.29) is 5.75 Å². The second-order valence-corrected chi connectivity index (χ2v) is 4.10. The maximum Gasteiger partial charge on any atom is 0.320 e. The van der Waals surface area contributed by atoms with Crippen LogP contribution in [-0.4, -0.2) is 33.7 Å². The van der Waals surface area contributed by atoms with Gasteiger partial charge in [0.1, 0.15) is 11.8 Å². The van der Waals surface area contributed by atoms with Gasteiger partial charge in [0.05, 0.1) is 0 Å². The summed E-state index contributed by atoms with van der Waals surface area (Å²) in [5.41, 5.74) is 0.788. The fourth-order valence-corrected chi connectivity index (χ4v) is 2.16. The van der Waals surface area contributed by atoms with E-state index in [4.69, 9.17) is 5.11 Å². The molecule has 1 aliphatic heterocycles. The van der Waals surface area contributed by atoms with Crippen LogP contribution in [-0.2, 0) is 11.3 Å². The van der Waals surface area contributed by atoms with Crippen LogP contribution in [0.2, 0.25) is 0 Å². The monoisotopic (exact) mass is 221 g/mol. The largest absolute Gasteiger partial charge is 0.508 e. The fourth-order valence-electron chi connectivity index (χ4n) is 2.16. The number of benzene rings is 1. The topological polar surface area (TPSA) is 60.8 Å². The Hall–Kier alpha value is -1.55. The summed E-state index contributed by atoms with van der Waals surface area (Å²) in [7, 11) is 0. The fraction of sp³-hybridized carbons (Fsp3) is 0.417. The van der Waals surface area contributed by atoms with Gasteiger partial charge in [-0.15, -0.1) is 0 Å². The van der Waals surface area contributed by atoms with Crippen molar-refractivity contribution in [2.45, 2.75) is 25.4 Å². The lowest BCUT2D eigenvalue weighted by Crippen LogP contribution is -2.35. The second-order valence-electron chi connectivity index (χ2n) is 4.10. The van der Waals surface area contributed by atoms with Crippen LogP contribution in [0.3, 0.4) is 0 Å². The molecule has 0 spiro atoms. The first kappa shape index (κ1) is 11.0. The Bertz CT molecular complexity index is 392. The molecule has 0 aromatic heterocycles. The van der Waals surface area contributed by atoms with Crippen LogP contribution >= 0.6 is 0 Å². The summed E-state index contributed by atoms with van der Waals surface area (Å²) in [5.74, 6) is -0.536. The van der Waals surface area contributed by atoms with Gasteiger partial charge in [-0.05, 0) is 25.5 Å². The average Bonchev–Trinajstić information content (AvgIpc) is 2.69. The minimum Gasteiger partial charge on any atom is -0.508 e. The molecule has 0 radical (unpaired) electrons. The van der Waals surface area contributed by atoms with Gasteiger partial charge in [-0.1, -0.05) is 18.2 Å². The van der Waals surface area contributed by atoms with Crippen LogP contribution in [0.15, 0.2) is 24.3 Å². The third kappa shape index (κ3) is 2.17. The van der Waals surface area contributed by atoms with Gasteiger partial charge in [-0.25, -0.2) is 0 Å². The number of phenols is 1. The highest BCUT2D eigenvalue weighted by Crippen LogP contribution is 2.24. The lowest BCUT2D eigenvalue weighted by molar-refractivity contribution is -0.142. The third-order valence-corrected chi connectivity index (χ3v) is 3.01. The first-order valence-corrected chi connectivity index (χ1v) is 5.42. The van der Waals surface area contributed by atoms with Gasteiger partial charge < -0.3 is 10.2 Å².